The van der Waals surface area contributed by atoms with Crippen LogP contribution in [0.25, 0.3) is 0 Å². The lowest BCUT2D eigenvalue weighted by Gasteiger charge is -2.05. The molecule has 90 valence electrons. The second-order valence-electron chi connectivity index (χ2n) is 3.80. The third-order valence-corrected chi connectivity index (χ3v) is 2.77. The van der Waals surface area contributed by atoms with Crippen molar-refractivity contribution in [2.45, 2.75) is 13.1 Å². The first-order chi connectivity index (χ1) is 8.19. The largest absolute Gasteiger partial charge is 0.333 e. The van der Waals surface area contributed by atoms with Crippen molar-refractivity contribution in [1.82, 2.24) is 14.9 Å². The zero-order chi connectivity index (χ0) is 12.3. The van der Waals surface area contributed by atoms with E-state index in [-0.39, 0.29) is 5.82 Å². The zero-order valence-corrected chi connectivity index (χ0v) is 10.2. The highest BCUT2D eigenvalue weighted by atomic mass is 35.5. The Morgan fingerprint density at radius 2 is 2.29 bits per heavy atom. The lowest BCUT2D eigenvalue weighted by atomic mass is 10.2. The second-order valence-corrected chi connectivity index (χ2v) is 4.21. The number of aromatic nitrogens is 2. The van der Waals surface area contributed by atoms with E-state index in [2.05, 4.69) is 10.3 Å². The molecule has 0 saturated heterocycles. The average molecular weight is 254 g/mol. The standard InChI is InChI=1S/C12H13ClFN3/c1-15-5-11-7-17(8-16-11)6-9-4-10(14)2-3-12(9)13/h2-4,7-8,15H,5-6H2,1H3. The van der Waals surface area contributed by atoms with Gasteiger partial charge in [0.15, 0.2) is 0 Å². The van der Waals surface area contributed by atoms with Crippen molar-refractivity contribution in [3.05, 3.63) is 52.8 Å². The molecule has 0 radical (unpaired) electrons. The number of rotatable bonds is 4. The summed E-state index contributed by atoms with van der Waals surface area (Å²) in [6, 6.07) is 4.36. The Balaban J connectivity index is 2.16. The molecule has 0 aliphatic rings. The molecule has 1 heterocycles. The highest BCUT2D eigenvalue weighted by Gasteiger charge is 2.04. The highest BCUT2D eigenvalue weighted by molar-refractivity contribution is 6.31. The SMILES string of the molecule is CNCc1cn(Cc2cc(F)ccc2Cl)cn1. The van der Waals surface area contributed by atoms with Crippen molar-refractivity contribution in [3.8, 4) is 0 Å². The summed E-state index contributed by atoms with van der Waals surface area (Å²) in [5.41, 5.74) is 1.69. The van der Waals surface area contributed by atoms with Crippen LogP contribution in [0, 0.1) is 5.82 Å². The Labute approximate surface area is 104 Å². The van der Waals surface area contributed by atoms with E-state index in [1.165, 1.54) is 12.1 Å². The lowest BCUT2D eigenvalue weighted by molar-refractivity contribution is 0.623. The summed E-state index contributed by atoms with van der Waals surface area (Å²) in [6.45, 7) is 1.23. The second kappa shape index (κ2) is 5.29. The van der Waals surface area contributed by atoms with Crippen LogP contribution in [0.2, 0.25) is 5.02 Å². The Hall–Kier alpha value is -1.39. The zero-order valence-electron chi connectivity index (χ0n) is 9.45. The molecule has 17 heavy (non-hydrogen) atoms. The maximum Gasteiger partial charge on any atom is 0.123 e. The first-order valence-corrected chi connectivity index (χ1v) is 5.66. The quantitative estimate of drug-likeness (QED) is 0.907. The van der Waals surface area contributed by atoms with Gasteiger partial charge in [0.25, 0.3) is 0 Å². The molecule has 1 aromatic carbocycles. The van der Waals surface area contributed by atoms with E-state index < -0.39 is 0 Å². The van der Waals surface area contributed by atoms with Crippen LogP contribution in [0.3, 0.4) is 0 Å². The van der Waals surface area contributed by atoms with Gasteiger partial charge in [-0.15, -0.1) is 0 Å². The number of hydrogen-bond acceptors (Lipinski definition) is 2. The van der Waals surface area contributed by atoms with E-state index in [0.29, 0.717) is 18.1 Å². The first kappa shape index (κ1) is 12.1. The smallest absolute Gasteiger partial charge is 0.123 e. The fourth-order valence-electron chi connectivity index (χ4n) is 1.63. The van der Waals surface area contributed by atoms with Gasteiger partial charge in [-0.05, 0) is 30.8 Å². The van der Waals surface area contributed by atoms with E-state index in [1.54, 1.807) is 12.4 Å². The van der Waals surface area contributed by atoms with Crippen LogP contribution in [0.4, 0.5) is 4.39 Å². The molecule has 0 spiro atoms. The van der Waals surface area contributed by atoms with Gasteiger partial charge < -0.3 is 9.88 Å². The predicted octanol–water partition coefficient (Wildman–Crippen LogP) is 2.44. The Kier molecular flexibility index (Phi) is 3.76. The minimum absolute atomic E-state index is 0.278. The van der Waals surface area contributed by atoms with Crippen LogP contribution in [-0.4, -0.2) is 16.6 Å². The molecule has 3 nitrogen and oxygen atoms in total. The van der Waals surface area contributed by atoms with E-state index >= 15 is 0 Å². The van der Waals surface area contributed by atoms with Crippen molar-refractivity contribution >= 4 is 11.6 Å². The summed E-state index contributed by atoms with van der Waals surface area (Å²) >= 11 is 6.00. The van der Waals surface area contributed by atoms with Crippen LogP contribution < -0.4 is 5.32 Å². The molecule has 0 aliphatic carbocycles. The topological polar surface area (TPSA) is 29.9 Å². The lowest BCUT2D eigenvalue weighted by Crippen LogP contribution is -2.05. The molecule has 1 N–H and O–H groups in total. The number of benzene rings is 1. The Morgan fingerprint density at radius 3 is 3.06 bits per heavy atom. The van der Waals surface area contributed by atoms with Crippen LogP contribution in [0.1, 0.15) is 11.3 Å². The van der Waals surface area contributed by atoms with E-state index in [1.807, 2.05) is 17.8 Å². The van der Waals surface area contributed by atoms with Gasteiger partial charge >= 0.3 is 0 Å². The number of imidazole rings is 1. The molecule has 0 amide bonds. The summed E-state index contributed by atoms with van der Waals surface area (Å²) in [5.74, 6) is -0.278. The Morgan fingerprint density at radius 1 is 1.47 bits per heavy atom. The van der Waals surface area contributed by atoms with Gasteiger partial charge in [-0.25, -0.2) is 9.37 Å². The molecule has 0 fully saturated rings. The molecule has 0 bridgehead atoms. The summed E-state index contributed by atoms with van der Waals surface area (Å²) in [6.07, 6.45) is 3.63. The molecule has 2 rings (SSSR count). The third kappa shape index (κ3) is 3.05. The molecule has 0 saturated carbocycles. The number of hydrogen-bond donors (Lipinski definition) is 1. The molecule has 2 aromatic rings. The van der Waals surface area contributed by atoms with Crippen LogP contribution in [0.5, 0.6) is 0 Å². The molecular formula is C12H13ClFN3. The highest BCUT2D eigenvalue weighted by Crippen LogP contribution is 2.18. The van der Waals surface area contributed by atoms with E-state index in [9.17, 15) is 4.39 Å². The van der Waals surface area contributed by atoms with Gasteiger partial charge in [0, 0.05) is 17.8 Å². The van der Waals surface area contributed by atoms with Crippen LogP contribution >= 0.6 is 11.6 Å². The van der Waals surface area contributed by atoms with Gasteiger partial charge in [-0.2, -0.15) is 0 Å². The Bertz CT molecular complexity index is 510. The van der Waals surface area contributed by atoms with E-state index in [0.717, 1.165) is 11.3 Å². The summed E-state index contributed by atoms with van der Waals surface area (Å²) in [7, 11) is 1.86. The summed E-state index contributed by atoms with van der Waals surface area (Å²) in [4.78, 5) is 4.22. The maximum absolute atomic E-state index is 13.1. The molecule has 0 atom stereocenters. The predicted molar refractivity (Wildman–Crippen MR) is 65.5 cm³/mol. The van der Waals surface area contributed by atoms with Crippen molar-refractivity contribution in [1.29, 1.82) is 0 Å². The number of nitrogens with one attached hydrogen (secondary N) is 1. The van der Waals surface area contributed by atoms with Gasteiger partial charge in [0.2, 0.25) is 0 Å². The van der Waals surface area contributed by atoms with Crippen molar-refractivity contribution < 1.29 is 4.39 Å². The number of halogens is 2. The van der Waals surface area contributed by atoms with Gasteiger partial charge in [0.05, 0.1) is 18.6 Å². The fourth-order valence-corrected chi connectivity index (χ4v) is 1.80. The van der Waals surface area contributed by atoms with Gasteiger partial charge in [-0.3, -0.25) is 0 Å². The third-order valence-electron chi connectivity index (χ3n) is 2.41. The monoisotopic (exact) mass is 253 g/mol. The first-order valence-electron chi connectivity index (χ1n) is 5.28. The van der Waals surface area contributed by atoms with Crippen molar-refractivity contribution in [2.24, 2.45) is 0 Å². The maximum atomic E-state index is 13.1. The summed E-state index contributed by atoms with van der Waals surface area (Å²) in [5, 5.41) is 3.58. The summed E-state index contributed by atoms with van der Waals surface area (Å²) < 4.78 is 15.0. The van der Waals surface area contributed by atoms with Gasteiger partial charge in [-0.1, -0.05) is 11.6 Å². The van der Waals surface area contributed by atoms with Crippen molar-refractivity contribution in [2.75, 3.05) is 7.05 Å². The molecule has 0 unspecified atom stereocenters. The van der Waals surface area contributed by atoms with Gasteiger partial charge in [0.1, 0.15) is 5.82 Å². The average Bonchev–Trinajstić information content (AvgIpc) is 2.72. The molecular weight excluding hydrogens is 241 g/mol. The fraction of sp³-hybridized carbons (Fsp3) is 0.250. The van der Waals surface area contributed by atoms with Crippen LogP contribution in [-0.2, 0) is 13.1 Å². The van der Waals surface area contributed by atoms with Crippen molar-refractivity contribution in [3.63, 3.8) is 0 Å². The minimum atomic E-state index is -0.278. The molecule has 1 aromatic heterocycles. The minimum Gasteiger partial charge on any atom is -0.333 e. The normalized spacial score (nSPS) is 10.8. The van der Waals surface area contributed by atoms with Crippen LogP contribution in [0.15, 0.2) is 30.7 Å². The number of nitrogens with zero attached hydrogens (tertiary/aromatic N) is 2. The molecule has 5 heteroatoms. The van der Waals surface area contributed by atoms with E-state index in [4.69, 9.17) is 11.6 Å². The molecule has 0 aliphatic heterocycles.